The average molecular weight is 280 g/mol. The summed E-state index contributed by atoms with van der Waals surface area (Å²) in [6, 6.07) is 13.4. The number of carboxylic acids is 1. The van der Waals surface area contributed by atoms with Crippen LogP contribution in [-0.4, -0.2) is 20.6 Å². The van der Waals surface area contributed by atoms with Crippen molar-refractivity contribution in [3.63, 3.8) is 0 Å². The van der Waals surface area contributed by atoms with E-state index < -0.39 is 5.97 Å². The lowest BCUT2D eigenvalue weighted by molar-refractivity contribution is 0.0686. The molecule has 0 aliphatic carbocycles. The Hall–Kier alpha value is -2.62. The second-order valence-electron chi connectivity index (χ2n) is 4.95. The molecule has 0 saturated heterocycles. The number of hydrogen-bond donors (Lipinski definition) is 1. The second kappa shape index (κ2) is 5.40. The zero-order chi connectivity index (χ0) is 14.8. The first-order chi connectivity index (χ1) is 10.2. The van der Waals surface area contributed by atoms with Gasteiger partial charge in [-0.25, -0.2) is 4.79 Å². The summed E-state index contributed by atoms with van der Waals surface area (Å²) < 4.78 is 1.85. The van der Waals surface area contributed by atoms with Crippen molar-refractivity contribution in [2.45, 2.75) is 19.9 Å². The smallest absolute Gasteiger partial charge is 0.352 e. The molecule has 0 saturated carbocycles. The number of aryl methyl sites for hydroxylation is 1. The Balaban J connectivity index is 2.22. The molecule has 4 heteroatoms. The number of carbonyl (C=O) groups is 1. The highest BCUT2D eigenvalue weighted by atomic mass is 16.4. The maximum atomic E-state index is 11.5. The Kier molecular flexibility index (Phi) is 3.44. The third kappa shape index (κ3) is 2.40. The molecule has 3 aromatic rings. The van der Waals surface area contributed by atoms with Crippen molar-refractivity contribution in [2.75, 3.05) is 0 Å². The molecule has 0 unspecified atom stereocenters. The van der Waals surface area contributed by atoms with Crippen LogP contribution >= 0.6 is 0 Å². The van der Waals surface area contributed by atoms with Crippen LogP contribution in [-0.2, 0) is 13.0 Å². The molecule has 0 fully saturated rings. The van der Waals surface area contributed by atoms with E-state index in [9.17, 15) is 9.90 Å². The topological polar surface area (TPSA) is 55.1 Å². The number of rotatable bonds is 4. The van der Waals surface area contributed by atoms with Gasteiger partial charge >= 0.3 is 5.97 Å². The number of para-hydroxylation sites is 1. The van der Waals surface area contributed by atoms with Gasteiger partial charge in [-0.3, -0.25) is 4.98 Å². The normalized spacial score (nSPS) is 10.9. The van der Waals surface area contributed by atoms with E-state index in [0.29, 0.717) is 12.2 Å². The Morgan fingerprint density at radius 3 is 2.76 bits per heavy atom. The fraction of sp³-hybridized carbons (Fsp3) is 0.176. The first-order valence-corrected chi connectivity index (χ1v) is 6.95. The molecule has 1 N–H and O–H groups in total. The molecule has 0 bridgehead atoms. The number of aromatic carboxylic acids is 1. The molecular formula is C17H16N2O2. The van der Waals surface area contributed by atoms with E-state index in [2.05, 4.69) is 11.9 Å². The molecule has 0 atom stereocenters. The quantitative estimate of drug-likeness (QED) is 0.797. The van der Waals surface area contributed by atoms with Crippen molar-refractivity contribution in [1.29, 1.82) is 0 Å². The highest BCUT2D eigenvalue weighted by Gasteiger charge is 2.16. The van der Waals surface area contributed by atoms with Gasteiger partial charge in [-0.2, -0.15) is 0 Å². The van der Waals surface area contributed by atoms with Crippen molar-refractivity contribution >= 4 is 16.9 Å². The van der Waals surface area contributed by atoms with Crippen molar-refractivity contribution in [1.82, 2.24) is 9.55 Å². The minimum atomic E-state index is -0.913. The summed E-state index contributed by atoms with van der Waals surface area (Å²) in [7, 11) is 0. The molecule has 0 amide bonds. The lowest BCUT2D eigenvalue weighted by atomic mass is 10.1. The van der Waals surface area contributed by atoms with Crippen LogP contribution in [0.25, 0.3) is 10.9 Å². The molecule has 0 radical (unpaired) electrons. The van der Waals surface area contributed by atoms with Crippen LogP contribution in [0, 0.1) is 0 Å². The van der Waals surface area contributed by atoms with Crippen molar-refractivity contribution in [2.24, 2.45) is 0 Å². The van der Waals surface area contributed by atoms with Gasteiger partial charge in [0.15, 0.2) is 0 Å². The number of benzene rings is 1. The molecular weight excluding hydrogens is 264 g/mol. The van der Waals surface area contributed by atoms with Gasteiger partial charge < -0.3 is 9.67 Å². The highest BCUT2D eigenvalue weighted by molar-refractivity contribution is 5.95. The van der Waals surface area contributed by atoms with Gasteiger partial charge in [0.1, 0.15) is 5.69 Å². The Labute approximate surface area is 122 Å². The number of fused-ring (bicyclic) bond motifs is 1. The highest BCUT2D eigenvalue weighted by Crippen LogP contribution is 2.25. The molecule has 2 heterocycles. The van der Waals surface area contributed by atoms with Crippen LogP contribution in [0.2, 0.25) is 0 Å². The molecule has 0 aliphatic heterocycles. The van der Waals surface area contributed by atoms with Gasteiger partial charge in [0.05, 0.1) is 17.8 Å². The van der Waals surface area contributed by atoms with Gasteiger partial charge in [0.25, 0.3) is 0 Å². The largest absolute Gasteiger partial charge is 0.477 e. The number of aromatic nitrogens is 2. The zero-order valence-corrected chi connectivity index (χ0v) is 11.8. The van der Waals surface area contributed by atoms with Crippen LogP contribution in [0.1, 0.15) is 28.7 Å². The number of carboxylic acid groups (broad SMARTS) is 1. The first kappa shape index (κ1) is 13.4. The van der Waals surface area contributed by atoms with Gasteiger partial charge in [-0.15, -0.1) is 0 Å². The van der Waals surface area contributed by atoms with E-state index in [1.807, 2.05) is 41.0 Å². The summed E-state index contributed by atoms with van der Waals surface area (Å²) >= 11 is 0. The van der Waals surface area contributed by atoms with Gasteiger partial charge in [0, 0.05) is 11.6 Å². The van der Waals surface area contributed by atoms with E-state index in [4.69, 9.17) is 0 Å². The number of nitrogens with zero attached hydrogens (tertiary/aromatic N) is 2. The maximum Gasteiger partial charge on any atom is 0.352 e. The minimum Gasteiger partial charge on any atom is -0.477 e. The van der Waals surface area contributed by atoms with Gasteiger partial charge in [-0.1, -0.05) is 31.2 Å². The molecule has 4 nitrogen and oxygen atoms in total. The summed E-state index contributed by atoms with van der Waals surface area (Å²) in [5.41, 5.74) is 3.29. The summed E-state index contributed by atoms with van der Waals surface area (Å²) in [5, 5.41) is 10.4. The van der Waals surface area contributed by atoms with Crippen molar-refractivity contribution < 1.29 is 9.90 Å². The van der Waals surface area contributed by atoms with Crippen LogP contribution in [0.4, 0.5) is 0 Å². The Morgan fingerprint density at radius 2 is 2.10 bits per heavy atom. The predicted octanol–water partition coefficient (Wildman–Crippen LogP) is 3.35. The van der Waals surface area contributed by atoms with Crippen molar-refractivity contribution in [3.05, 3.63) is 65.6 Å². The van der Waals surface area contributed by atoms with Crippen LogP contribution in [0.3, 0.4) is 0 Å². The number of pyridine rings is 1. The third-order valence-corrected chi connectivity index (χ3v) is 3.65. The monoisotopic (exact) mass is 280 g/mol. The molecule has 106 valence electrons. The van der Waals surface area contributed by atoms with E-state index in [1.165, 1.54) is 0 Å². The minimum absolute atomic E-state index is 0.302. The van der Waals surface area contributed by atoms with E-state index >= 15 is 0 Å². The van der Waals surface area contributed by atoms with Crippen molar-refractivity contribution in [3.8, 4) is 0 Å². The first-order valence-electron chi connectivity index (χ1n) is 6.95. The molecule has 2 aromatic heterocycles. The molecule has 21 heavy (non-hydrogen) atoms. The fourth-order valence-electron chi connectivity index (χ4n) is 2.68. The molecule has 1 aromatic carbocycles. The average Bonchev–Trinajstić information content (AvgIpc) is 2.87. The SMILES string of the molecule is CCc1cccc2cc(C(=O)O)n(Cc3ccccn3)c12. The maximum absolute atomic E-state index is 11.5. The number of hydrogen-bond acceptors (Lipinski definition) is 2. The summed E-state index contributed by atoms with van der Waals surface area (Å²) in [5.74, 6) is -0.913. The lowest BCUT2D eigenvalue weighted by Gasteiger charge is -2.10. The fourth-order valence-corrected chi connectivity index (χ4v) is 2.68. The van der Waals surface area contributed by atoms with Crippen LogP contribution in [0.15, 0.2) is 48.7 Å². The van der Waals surface area contributed by atoms with Crippen LogP contribution in [0.5, 0.6) is 0 Å². The molecule has 0 aliphatic rings. The van der Waals surface area contributed by atoms with Crippen LogP contribution < -0.4 is 0 Å². The lowest BCUT2D eigenvalue weighted by Crippen LogP contribution is -2.10. The summed E-state index contributed by atoms with van der Waals surface area (Å²) in [6.45, 7) is 2.54. The predicted molar refractivity (Wildman–Crippen MR) is 81.6 cm³/mol. The Bertz CT molecular complexity index is 791. The second-order valence-corrected chi connectivity index (χ2v) is 4.95. The van der Waals surface area contributed by atoms with E-state index in [-0.39, 0.29) is 0 Å². The van der Waals surface area contributed by atoms with Gasteiger partial charge in [-0.05, 0) is 30.2 Å². The van der Waals surface area contributed by atoms with E-state index in [0.717, 1.165) is 28.6 Å². The third-order valence-electron chi connectivity index (χ3n) is 3.65. The zero-order valence-electron chi connectivity index (χ0n) is 11.8. The summed E-state index contributed by atoms with van der Waals surface area (Å²) in [6.07, 6.45) is 2.59. The molecule has 0 spiro atoms. The summed E-state index contributed by atoms with van der Waals surface area (Å²) in [4.78, 5) is 15.8. The molecule has 3 rings (SSSR count). The van der Waals surface area contributed by atoms with Gasteiger partial charge in [0.2, 0.25) is 0 Å². The standard InChI is InChI=1S/C17H16N2O2/c1-2-12-6-5-7-13-10-15(17(20)21)19(16(12)13)11-14-8-3-4-9-18-14/h3-10H,2,11H2,1H3,(H,20,21). The Morgan fingerprint density at radius 1 is 1.24 bits per heavy atom. The van der Waals surface area contributed by atoms with E-state index in [1.54, 1.807) is 12.3 Å².